The second-order valence-corrected chi connectivity index (χ2v) is 20.3. The van der Waals surface area contributed by atoms with E-state index in [9.17, 15) is 14.4 Å². The molecule has 0 aliphatic rings. The highest BCUT2D eigenvalue weighted by Crippen LogP contribution is 2.17. The number of hydrogen-bond acceptors (Lipinski definition) is 6. The molecule has 0 saturated heterocycles. The van der Waals surface area contributed by atoms with Crippen LogP contribution in [-0.2, 0) is 28.6 Å². The molecule has 0 saturated carbocycles. The third-order valence-corrected chi connectivity index (χ3v) is 13.4. The van der Waals surface area contributed by atoms with E-state index in [4.69, 9.17) is 14.2 Å². The summed E-state index contributed by atoms with van der Waals surface area (Å²) in [5.74, 6) is -0.876. The Balaban J connectivity index is 4.36. The second-order valence-electron chi connectivity index (χ2n) is 20.3. The fourth-order valence-corrected chi connectivity index (χ4v) is 8.84. The molecular formula is C62H114O6. The number of ether oxygens (including phenoxy) is 3. The Morgan fingerprint density at radius 2 is 0.529 bits per heavy atom. The number of allylic oxidation sites excluding steroid dienone is 6. The molecule has 0 aliphatic heterocycles. The molecule has 0 aromatic carbocycles. The topological polar surface area (TPSA) is 78.9 Å². The molecule has 1 atom stereocenters. The molecule has 0 amide bonds. The minimum Gasteiger partial charge on any atom is -0.462 e. The van der Waals surface area contributed by atoms with E-state index in [0.29, 0.717) is 19.3 Å². The number of unbranched alkanes of at least 4 members (excludes halogenated alkanes) is 39. The summed E-state index contributed by atoms with van der Waals surface area (Å²) in [5, 5.41) is 0. The van der Waals surface area contributed by atoms with Gasteiger partial charge in [-0.1, -0.05) is 269 Å². The molecule has 0 radical (unpaired) electrons. The van der Waals surface area contributed by atoms with Gasteiger partial charge in [0.2, 0.25) is 0 Å². The normalized spacial score (nSPS) is 12.2. The van der Waals surface area contributed by atoms with Crippen LogP contribution in [0.4, 0.5) is 0 Å². The third kappa shape index (κ3) is 54.6. The monoisotopic (exact) mass is 955 g/mol. The van der Waals surface area contributed by atoms with Gasteiger partial charge in [-0.2, -0.15) is 0 Å². The lowest BCUT2D eigenvalue weighted by molar-refractivity contribution is -0.167. The SMILES string of the molecule is CCCCC/C=C\C=C/CCCCCCCCC(=O)OCC(COC(=O)CCCCCCC/C=C\CCCCCCCCCCC)OC(=O)CCCCCCCCCCCCCCCCCCC. The quantitative estimate of drug-likeness (QED) is 0.0199. The highest BCUT2D eigenvalue weighted by Gasteiger charge is 2.19. The Hall–Kier alpha value is -2.37. The van der Waals surface area contributed by atoms with Crippen LogP contribution in [0.5, 0.6) is 0 Å². The molecule has 68 heavy (non-hydrogen) atoms. The zero-order valence-electron chi connectivity index (χ0n) is 45.6. The first-order valence-corrected chi connectivity index (χ1v) is 30.0. The van der Waals surface area contributed by atoms with Crippen molar-refractivity contribution in [2.24, 2.45) is 0 Å². The Labute approximate surface area is 423 Å². The summed E-state index contributed by atoms with van der Waals surface area (Å²) < 4.78 is 16.9. The Bertz CT molecular complexity index is 1140. The van der Waals surface area contributed by atoms with Gasteiger partial charge in [0.1, 0.15) is 13.2 Å². The van der Waals surface area contributed by atoms with Gasteiger partial charge >= 0.3 is 17.9 Å². The summed E-state index contributed by atoms with van der Waals surface area (Å²) in [7, 11) is 0. The van der Waals surface area contributed by atoms with Crippen LogP contribution in [0.3, 0.4) is 0 Å². The number of carbonyl (C=O) groups excluding carboxylic acids is 3. The first-order chi connectivity index (χ1) is 33.5. The number of rotatable bonds is 55. The molecule has 398 valence electrons. The molecule has 0 bridgehead atoms. The van der Waals surface area contributed by atoms with Crippen LogP contribution >= 0.6 is 0 Å². The average Bonchev–Trinajstić information content (AvgIpc) is 3.34. The summed E-state index contributed by atoms with van der Waals surface area (Å²) >= 11 is 0. The molecule has 0 aliphatic carbocycles. The highest BCUT2D eigenvalue weighted by molar-refractivity contribution is 5.71. The fourth-order valence-electron chi connectivity index (χ4n) is 8.84. The summed E-state index contributed by atoms with van der Waals surface area (Å²) in [6.45, 7) is 6.64. The Kier molecular flexibility index (Phi) is 55.2. The molecule has 0 heterocycles. The highest BCUT2D eigenvalue weighted by atomic mass is 16.6. The summed E-state index contributed by atoms with van der Waals surface area (Å²) in [6.07, 6.45) is 68.5. The first-order valence-electron chi connectivity index (χ1n) is 30.0. The van der Waals surface area contributed by atoms with Crippen molar-refractivity contribution in [2.45, 2.75) is 329 Å². The molecular weight excluding hydrogens is 841 g/mol. The summed E-state index contributed by atoms with van der Waals surface area (Å²) in [6, 6.07) is 0. The van der Waals surface area contributed by atoms with Gasteiger partial charge < -0.3 is 14.2 Å². The predicted molar refractivity (Wildman–Crippen MR) is 293 cm³/mol. The molecule has 0 rings (SSSR count). The minimum absolute atomic E-state index is 0.0767. The molecule has 1 unspecified atom stereocenters. The van der Waals surface area contributed by atoms with E-state index >= 15 is 0 Å². The summed E-state index contributed by atoms with van der Waals surface area (Å²) in [5.41, 5.74) is 0. The smallest absolute Gasteiger partial charge is 0.306 e. The van der Waals surface area contributed by atoms with Crippen LogP contribution in [-0.4, -0.2) is 37.2 Å². The van der Waals surface area contributed by atoms with E-state index in [0.717, 1.165) is 70.6 Å². The fraction of sp³-hybridized carbons (Fsp3) is 0.855. The Morgan fingerprint density at radius 1 is 0.294 bits per heavy atom. The van der Waals surface area contributed by atoms with E-state index in [1.165, 1.54) is 212 Å². The maximum absolute atomic E-state index is 12.9. The van der Waals surface area contributed by atoms with Crippen LogP contribution in [0.15, 0.2) is 36.5 Å². The number of carbonyl (C=O) groups is 3. The molecule has 0 fully saturated rings. The van der Waals surface area contributed by atoms with Gasteiger partial charge in [-0.25, -0.2) is 0 Å². The lowest BCUT2D eigenvalue weighted by Crippen LogP contribution is -2.30. The van der Waals surface area contributed by atoms with E-state index in [2.05, 4.69) is 57.2 Å². The predicted octanol–water partition coefficient (Wildman–Crippen LogP) is 20.0. The van der Waals surface area contributed by atoms with Crippen molar-refractivity contribution in [2.75, 3.05) is 13.2 Å². The minimum atomic E-state index is -0.778. The molecule has 0 aromatic heterocycles. The number of hydrogen-bond donors (Lipinski definition) is 0. The lowest BCUT2D eigenvalue weighted by atomic mass is 10.0. The van der Waals surface area contributed by atoms with Crippen molar-refractivity contribution < 1.29 is 28.6 Å². The van der Waals surface area contributed by atoms with E-state index in [1.807, 2.05) is 0 Å². The van der Waals surface area contributed by atoms with E-state index in [1.54, 1.807) is 0 Å². The van der Waals surface area contributed by atoms with Gasteiger partial charge in [0.25, 0.3) is 0 Å². The van der Waals surface area contributed by atoms with Crippen molar-refractivity contribution in [3.63, 3.8) is 0 Å². The maximum Gasteiger partial charge on any atom is 0.306 e. The van der Waals surface area contributed by atoms with Crippen LogP contribution in [0, 0.1) is 0 Å². The third-order valence-electron chi connectivity index (χ3n) is 13.4. The van der Waals surface area contributed by atoms with Crippen LogP contribution in [0.2, 0.25) is 0 Å². The van der Waals surface area contributed by atoms with Gasteiger partial charge in [0, 0.05) is 19.3 Å². The van der Waals surface area contributed by atoms with Crippen LogP contribution in [0.1, 0.15) is 323 Å². The van der Waals surface area contributed by atoms with Crippen molar-refractivity contribution in [3.05, 3.63) is 36.5 Å². The standard InChI is InChI=1S/C62H114O6/c1-4-7-10-13-16-19-22-25-28-30-32-34-37-40-43-46-49-52-55-61(64)67-58-59(57-66-60(63)54-51-48-45-42-39-36-33-27-24-21-18-15-12-9-6-3)68-62(65)56-53-50-47-44-41-38-35-31-29-26-23-20-17-14-11-8-5-2/h18,21,24,27,32,34,59H,4-17,19-20,22-23,25-26,28-31,33,35-58H2,1-3H3/b21-18-,27-24-,34-32-. The first kappa shape index (κ1) is 65.6. The zero-order chi connectivity index (χ0) is 49.3. The number of esters is 3. The van der Waals surface area contributed by atoms with Crippen molar-refractivity contribution in [3.8, 4) is 0 Å². The molecule has 6 heteroatoms. The molecule has 6 nitrogen and oxygen atoms in total. The van der Waals surface area contributed by atoms with Gasteiger partial charge in [-0.05, 0) is 70.6 Å². The Morgan fingerprint density at radius 3 is 0.853 bits per heavy atom. The van der Waals surface area contributed by atoms with Gasteiger partial charge in [-0.15, -0.1) is 0 Å². The second kappa shape index (κ2) is 57.2. The largest absolute Gasteiger partial charge is 0.462 e. The molecule has 0 spiro atoms. The van der Waals surface area contributed by atoms with Crippen molar-refractivity contribution in [1.82, 2.24) is 0 Å². The maximum atomic E-state index is 12.9. The van der Waals surface area contributed by atoms with Gasteiger partial charge in [0.15, 0.2) is 6.10 Å². The zero-order valence-corrected chi connectivity index (χ0v) is 45.6. The van der Waals surface area contributed by atoms with E-state index < -0.39 is 6.10 Å². The molecule has 0 N–H and O–H groups in total. The van der Waals surface area contributed by atoms with Crippen molar-refractivity contribution in [1.29, 1.82) is 0 Å². The summed E-state index contributed by atoms with van der Waals surface area (Å²) in [4.78, 5) is 38.2. The van der Waals surface area contributed by atoms with Crippen LogP contribution in [0.25, 0.3) is 0 Å². The van der Waals surface area contributed by atoms with Crippen LogP contribution < -0.4 is 0 Å². The molecule has 0 aromatic rings. The van der Waals surface area contributed by atoms with Crippen molar-refractivity contribution >= 4 is 17.9 Å². The lowest BCUT2D eigenvalue weighted by Gasteiger charge is -2.18. The average molecular weight is 956 g/mol. The van der Waals surface area contributed by atoms with E-state index in [-0.39, 0.29) is 31.1 Å². The van der Waals surface area contributed by atoms with Gasteiger partial charge in [-0.3, -0.25) is 14.4 Å². The van der Waals surface area contributed by atoms with Gasteiger partial charge in [0.05, 0.1) is 0 Å².